The molecule has 1 aliphatic heterocycles. The number of carbonyl (C=O) groups excluding carboxylic acids is 2. The molecule has 0 aliphatic carbocycles. The number of carbonyl (C=O) groups is 2. The molecule has 0 aromatic rings. The maximum absolute atomic E-state index is 11.6. The summed E-state index contributed by atoms with van der Waals surface area (Å²) in [4.78, 5) is 22.6. The average Bonchev–Trinajstić information content (AvgIpc) is 2.61. The molecular formula is C10H18N2O3. The summed E-state index contributed by atoms with van der Waals surface area (Å²) < 4.78 is 4.71. The van der Waals surface area contributed by atoms with E-state index >= 15 is 0 Å². The molecule has 0 aromatic carbocycles. The van der Waals surface area contributed by atoms with Crippen LogP contribution in [-0.4, -0.2) is 38.1 Å². The number of amides is 1. The first-order chi connectivity index (χ1) is 7.15. The van der Waals surface area contributed by atoms with Gasteiger partial charge in [-0.25, -0.2) is 0 Å². The van der Waals surface area contributed by atoms with Crippen LogP contribution in [0.25, 0.3) is 0 Å². The van der Waals surface area contributed by atoms with Gasteiger partial charge in [-0.2, -0.15) is 0 Å². The van der Waals surface area contributed by atoms with Crippen molar-refractivity contribution in [3.8, 4) is 0 Å². The van der Waals surface area contributed by atoms with E-state index in [4.69, 9.17) is 4.74 Å². The highest BCUT2D eigenvalue weighted by Gasteiger charge is 2.29. The van der Waals surface area contributed by atoms with Crippen LogP contribution in [0.3, 0.4) is 0 Å². The van der Waals surface area contributed by atoms with Crippen LogP contribution in [0.2, 0.25) is 0 Å². The molecule has 1 fully saturated rings. The van der Waals surface area contributed by atoms with E-state index in [1.807, 2.05) is 6.92 Å². The van der Waals surface area contributed by atoms with E-state index in [0.717, 1.165) is 6.54 Å². The summed E-state index contributed by atoms with van der Waals surface area (Å²) in [6.07, 6.45) is 0. The molecule has 2 unspecified atom stereocenters. The van der Waals surface area contributed by atoms with Crippen molar-refractivity contribution < 1.29 is 14.3 Å². The second-order valence-corrected chi connectivity index (χ2v) is 3.76. The Hall–Kier alpha value is -1.10. The van der Waals surface area contributed by atoms with Crippen LogP contribution in [-0.2, 0) is 14.3 Å². The summed E-state index contributed by atoms with van der Waals surface area (Å²) in [7, 11) is 0. The lowest BCUT2D eigenvalue weighted by atomic mass is 9.97. The Balaban J connectivity index is 2.26. The molecule has 1 heterocycles. The van der Waals surface area contributed by atoms with Gasteiger partial charge in [-0.15, -0.1) is 0 Å². The number of nitrogens with one attached hydrogen (secondary N) is 2. The van der Waals surface area contributed by atoms with Gasteiger partial charge in [-0.05, 0) is 19.4 Å². The summed E-state index contributed by atoms with van der Waals surface area (Å²) in [5, 5.41) is 5.72. The van der Waals surface area contributed by atoms with Gasteiger partial charge in [-0.3, -0.25) is 9.59 Å². The van der Waals surface area contributed by atoms with E-state index in [-0.39, 0.29) is 24.3 Å². The summed E-state index contributed by atoms with van der Waals surface area (Å²) in [5.41, 5.74) is 0. The lowest BCUT2D eigenvalue weighted by Gasteiger charge is -2.13. The third kappa shape index (κ3) is 3.51. The Kier molecular flexibility index (Phi) is 4.55. The standard InChI is InChI=1S/C10H18N2O3/c1-3-15-9(13)6-12-10(14)8-5-11-4-7(8)2/h7-8,11H,3-6H2,1-2H3,(H,12,14). The zero-order chi connectivity index (χ0) is 11.3. The quantitative estimate of drug-likeness (QED) is 0.620. The SMILES string of the molecule is CCOC(=O)CNC(=O)C1CNCC1C. The van der Waals surface area contributed by atoms with E-state index in [0.29, 0.717) is 19.1 Å². The predicted molar refractivity (Wildman–Crippen MR) is 55.2 cm³/mol. The first-order valence-corrected chi connectivity index (χ1v) is 5.29. The van der Waals surface area contributed by atoms with Crippen molar-refractivity contribution in [2.45, 2.75) is 13.8 Å². The monoisotopic (exact) mass is 214 g/mol. The van der Waals surface area contributed by atoms with E-state index in [2.05, 4.69) is 10.6 Å². The highest BCUT2D eigenvalue weighted by molar-refractivity contribution is 5.84. The molecule has 0 radical (unpaired) electrons. The Morgan fingerprint density at radius 3 is 2.73 bits per heavy atom. The van der Waals surface area contributed by atoms with Gasteiger partial charge in [0.15, 0.2) is 0 Å². The number of rotatable bonds is 4. The maximum Gasteiger partial charge on any atom is 0.325 e. The van der Waals surface area contributed by atoms with Gasteiger partial charge in [0.05, 0.1) is 12.5 Å². The van der Waals surface area contributed by atoms with Crippen LogP contribution in [0, 0.1) is 11.8 Å². The Morgan fingerprint density at radius 2 is 2.20 bits per heavy atom. The normalized spacial score (nSPS) is 24.9. The number of esters is 1. The van der Waals surface area contributed by atoms with Crippen molar-refractivity contribution >= 4 is 11.9 Å². The molecule has 2 N–H and O–H groups in total. The first-order valence-electron chi connectivity index (χ1n) is 5.29. The second-order valence-electron chi connectivity index (χ2n) is 3.76. The Morgan fingerprint density at radius 1 is 1.47 bits per heavy atom. The third-order valence-electron chi connectivity index (χ3n) is 2.57. The van der Waals surface area contributed by atoms with Crippen molar-refractivity contribution in [1.82, 2.24) is 10.6 Å². The second kappa shape index (κ2) is 5.70. The summed E-state index contributed by atoms with van der Waals surface area (Å²) in [6, 6.07) is 0. The Labute approximate surface area is 89.6 Å². The summed E-state index contributed by atoms with van der Waals surface area (Å²) in [5.74, 6) is -0.156. The molecule has 5 nitrogen and oxygen atoms in total. The lowest BCUT2D eigenvalue weighted by Crippen LogP contribution is -2.37. The van der Waals surface area contributed by atoms with Gasteiger partial charge in [0.25, 0.3) is 0 Å². The minimum atomic E-state index is -0.385. The first kappa shape index (κ1) is 12.0. The summed E-state index contributed by atoms with van der Waals surface area (Å²) in [6.45, 7) is 5.62. The van der Waals surface area contributed by atoms with E-state index in [1.54, 1.807) is 6.92 Å². The fourth-order valence-electron chi connectivity index (χ4n) is 1.66. The average molecular weight is 214 g/mol. The molecule has 15 heavy (non-hydrogen) atoms. The van der Waals surface area contributed by atoms with Gasteiger partial charge in [0.2, 0.25) is 5.91 Å². The molecule has 2 atom stereocenters. The molecule has 5 heteroatoms. The van der Waals surface area contributed by atoms with E-state index in [9.17, 15) is 9.59 Å². The molecule has 0 bridgehead atoms. The zero-order valence-electron chi connectivity index (χ0n) is 9.21. The third-order valence-corrected chi connectivity index (χ3v) is 2.57. The zero-order valence-corrected chi connectivity index (χ0v) is 9.21. The van der Waals surface area contributed by atoms with Crippen molar-refractivity contribution in [2.75, 3.05) is 26.2 Å². The van der Waals surface area contributed by atoms with Gasteiger partial charge >= 0.3 is 5.97 Å². The topological polar surface area (TPSA) is 67.4 Å². The Bertz CT molecular complexity index is 243. The van der Waals surface area contributed by atoms with Crippen molar-refractivity contribution in [1.29, 1.82) is 0 Å². The van der Waals surface area contributed by atoms with Gasteiger partial charge < -0.3 is 15.4 Å². The molecule has 1 saturated heterocycles. The molecule has 86 valence electrons. The van der Waals surface area contributed by atoms with Crippen molar-refractivity contribution in [3.63, 3.8) is 0 Å². The number of hydrogen-bond donors (Lipinski definition) is 2. The van der Waals surface area contributed by atoms with Crippen LogP contribution in [0.15, 0.2) is 0 Å². The molecule has 1 amide bonds. The van der Waals surface area contributed by atoms with Crippen molar-refractivity contribution in [3.05, 3.63) is 0 Å². The molecule has 1 aliphatic rings. The number of ether oxygens (including phenoxy) is 1. The maximum atomic E-state index is 11.6. The fraction of sp³-hybridized carbons (Fsp3) is 0.800. The largest absolute Gasteiger partial charge is 0.465 e. The smallest absolute Gasteiger partial charge is 0.325 e. The minimum absolute atomic E-state index is 0.0283. The molecule has 0 saturated carbocycles. The molecule has 0 spiro atoms. The van der Waals surface area contributed by atoms with Crippen LogP contribution < -0.4 is 10.6 Å². The van der Waals surface area contributed by atoms with E-state index < -0.39 is 0 Å². The summed E-state index contributed by atoms with van der Waals surface area (Å²) >= 11 is 0. The predicted octanol–water partition coefficient (Wildman–Crippen LogP) is -0.479. The van der Waals surface area contributed by atoms with Gasteiger partial charge in [0.1, 0.15) is 6.54 Å². The highest BCUT2D eigenvalue weighted by atomic mass is 16.5. The van der Waals surface area contributed by atoms with Crippen molar-refractivity contribution in [2.24, 2.45) is 11.8 Å². The van der Waals surface area contributed by atoms with Gasteiger partial charge in [0, 0.05) is 6.54 Å². The van der Waals surface area contributed by atoms with Crippen LogP contribution in [0.4, 0.5) is 0 Å². The van der Waals surface area contributed by atoms with Crippen LogP contribution >= 0.6 is 0 Å². The van der Waals surface area contributed by atoms with E-state index in [1.165, 1.54) is 0 Å². The molecule has 0 aromatic heterocycles. The molecule has 1 rings (SSSR count). The molecular weight excluding hydrogens is 196 g/mol. The fourth-order valence-corrected chi connectivity index (χ4v) is 1.66. The number of hydrogen-bond acceptors (Lipinski definition) is 4. The van der Waals surface area contributed by atoms with Gasteiger partial charge in [-0.1, -0.05) is 6.92 Å². The van der Waals surface area contributed by atoms with Crippen LogP contribution in [0.1, 0.15) is 13.8 Å². The lowest BCUT2D eigenvalue weighted by molar-refractivity contribution is -0.143. The highest BCUT2D eigenvalue weighted by Crippen LogP contribution is 2.15. The minimum Gasteiger partial charge on any atom is -0.465 e. The van der Waals surface area contributed by atoms with Crippen LogP contribution in [0.5, 0.6) is 0 Å².